The first kappa shape index (κ1) is 16.1. The normalized spacial score (nSPS) is 12.9. The molecule has 1 nitrogen and oxygen atoms in total. The zero-order valence-corrected chi connectivity index (χ0v) is 12.2. The van der Waals surface area contributed by atoms with Crippen molar-refractivity contribution < 1.29 is 8.78 Å². The lowest BCUT2D eigenvalue weighted by Crippen LogP contribution is -2.24. The van der Waals surface area contributed by atoms with Crippen molar-refractivity contribution in [2.75, 3.05) is 6.54 Å². The van der Waals surface area contributed by atoms with Gasteiger partial charge in [0, 0.05) is 6.04 Å². The summed E-state index contributed by atoms with van der Waals surface area (Å²) in [5.74, 6) is -0.923. The van der Waals surface area contributed by atoms with Gasteiger partial charge in [-0.1, -0.05) is 39.7 Å². The smallest absolute Gasteiger partial charge is 0.159 e. The van der Waals surface area contributed by atoms with Crippen LogP contribution in [-0.2, 0) is 0 Å². The Hall–Kier alpha value is -0.960. The Labute approximate surface area is 115 Å². The Bertz CT molecular complexity index is 375. The van der Waals surface area contributed by atoms with Crippen LogP contribution in [0.25, 0.3) is 0 Å². The molecular formula is C16H25F2N. The van der Waals surface area contributed by atoms with Crippen molar-refractivity contribution in [3.63, 3.8) is 0 Å². The number of rotatable bonds is 8. The topological polar surface area (TPSA) is 12.0 Å². The average Bonchev–Trinajstić information content (AvgIpc) is 2.42. The molecule has 3 heteroatoms. The molecule has 0 fully saturated rings. The number of hydrogen-bond donors (Lipinski definition) is 1. The van der Waals surface area contributed by atoms with Gasteiger partial charge in [0.1, 0.15) is 0 Å². The number of halogens is 2. The quantitative estimate of drug-likeness (QED) is 0.712. The maximum absolute atomic E-state index is 13.4. The summed E-state index contributed by atoms with van der Waals surface area (Å²) in [6.07, 6.45) is 4.23. The van der Waals surface area contributed by atoms with Crippen LogP contribution in [0, 0.1) is 17.6 Å². The number of hydrogen-bond acceptors (Lipinski definition) is 1. The van der Waals surface area contributed by atoms with Crippen LogP contribution in [-0.4, -0.2) is 6.54 Å². The van der Waals surface area contributed by atoms with Gasteiger partial charge in [0.05, 0.1) is 0 Å². The molecule has 1 rings (SSSR count). The van der Waals surface area contributed by atoms with E-state index in [-0.39, 0.29) is 6.04 Å². The first-order valence-corrected chi connectivity index (χ1v) is 7.30. The van der Waals surface area contributed by atoms with Crippen LogP contribution in [0.2, 0.25) is 0 Å². The summed E-state index contributed by atoms with van der Waals surface area (Å²) in [6, 6.07) is 4.34. The fraction of sp³-hybridized carbons (Fsp3) is 0.625. The molecule has 0 bridgehead atoms. The SMILES string of the molecule is CCCNC(CC(CC)CC)c1ccc(F)c(F)c1. The lowest BCUT2D eigenvalue weighted by Gasteiger charge is -2.23. The van der Waals surface area contributed by atoms with E-state index in [1.54, 1.807) is 6.07 Å². The summed E-state index contributed by atoms with van der Waals surface area (Å²) in [6.45, 7) is 7.35. The largest absolute Gasteiger partial charge is 0.310 e. The summed E-state index contributed by atoms with van der Waals surface area (Å²) in [4.78, 5) is 0. The van der Waals surface area contributed by atoms with Crippen LogP contribution in [0.3, 0.4) is 0 Å². The molecule has 1 aromatic rings. The highest BCUT2D eigenvalue weighted by Crippen LogP contribution is 2.26. The van der Waals surface area contributed by atoms with Gasteiger partial charge >= 0.3 is 0 Å². The van der Waals surface area contributed by atoms with Gasteiger partial charge in [-0.25, -0.2) is 8.78 Å². The molecule has 1 aromatic carbocycles. The van der Waals surface area contributed by atoms with Crippen LogP contribution in [0.1, 0.15) is 58.1 Å². The summed E-state index contributed by atoms with van der Waals surface area (Å²) >= 11 is 0. The van der Waals surface area contributed by atoms with Gasteiger partial charge < -0.3 is 5.32 Å². The fourth-order valence-corrected chi connectivity index (χ4v) is 2.34. The Balaban J connectivity index is 2.85. The summed E-state index contributed by atoms with van der Waals surface area (Å²) < 4.78 is 26.4. The second-order valence-electron chi connectivity index (χ2n) is 5.10. The van der Waals surface area contributed by atoms with Crippen molar-refractivity contribution in [1.29, 1.82) is 0 Å². The minimum Gasteiger partial charge on any atom is -0.310 e. The monoisotopic (exact) mass is 269 g/mol. The molecule has 0 amide bonds. The molecule has 108 valence electrons. The Morgan fingerprint density at radius 3 is 2.26 bits per heavy atom. The molecule has 0 saturated carbocycles. The molecule has 1 unspecified atom stereocenters. The first-order valence-electron chi connectivity index (χ1n) is 7.30. The van der Waals surface area contributed by atoms with Crippen LogP contribution in [0.4, 0.5) is 8.78 Å². The van der Waals surface area contributed by atoms with Crippen LogP contribution < -0.4 is 5.32 Å². The van der Waals surface area contributed by atoms with Crippen LogP contribution >= 0.6 is 0 Å². The van der Waals surface area contributed by atoms with E-state index in [4.69, 9.17) is 0 Å². The molecule has 0 aliphatic carbocycles. The second kappa shape index (κ2) is 8.26. The zero-order valence-electron chi connectivity index (χ0n) is 12.2. The van der Waals surface area contributed by atoms with Crippen molar-refractivity contribution in [2.24, 2.45) is 5.92 Å². The standard InChI is InChI=1S/C16H25F2N/c1-4-9-19-16(10-12(5-2)6-3)13-7-8-14(17)15(18)11-13/h7-8,11-12,16,19H,4-6,9-10H2,1-3H3. The average molecular weight is 269 g/mol. The van der Waals surface area contributed by atoms with E-state index in [2.05, 4.69) is 26.1 Å². The fourth-order valence-electron chi connectivity index (χ4n) is 2.34. The van der Waals surface area contributed by atoms with Crippen LogP contribution in [0.15, 0.2) is 18.2 Å². The highest BCUT2D eigenvalue weighted by atomic mass is 19.2. The molecule has 0 aliphatic heterocycles. The number of nitrogens with one attached hydrogen (secondary N) is 1. The third-order valence-corrected chi connectivity index (χ3v) is 3.71. The molecule has 0 saturated heterocycles. The molecule has 0 aliphatic rings. The maximum atomic E-state index is 13.4. The van der Waals surface area contributed by atoms with E-state index in [1.807, 2.05) is 0 Å². The summed E-state index contributed by atoms with van der Waals surface area (Å²) in [5.41, 5.74) is 0.847. The van der Waals surface area contributed by atoms with Crippen molar-refractivity contribution >= 4 is 0 Å². The van der Waals surface area contributed by atoms with Gasteiger partial charge in [-0.3, -0.25) is 0 Å². The van der Waals surface area contributed by atoms with Gasteiger partial charge in [0.25, 0.3) is 0 Å². The van der Waals surface area contributed by atoms with Crippen molar-refractivity contribution in [3.8, 4) is 0 Å². The minimum atomic E-state index is -0.777. The van der Waals surface area contributed by atoms with E-state index >= 15 is 0 Å². The molecule has 1 atom stereocenters. The van der Waals surface area contributed by atoms with Gasteiger partial charge in [0.2, 0.25) is 0 Å². The van der Waals surface area contributed by atoms with Gasteiger partial charge in [-0.2, -0.15) is 0 Å². The molecular weight excluding hydrogens is 244 g/mol. The van der Waals surface area contributed by atoms with Gasteiger partial charge in [-0.05, 0) is 43.0 Å². The predicted octanol–water partition coefficient (Wildman–Crippen LogP) is 4.83. The second-order valence-corrected chi connectivity index (χ2v) is 5.10. The van der Waals surface area contributed by atoms with Crippen molar-refractivity contribution in [2.45, 2.75) is 52.5 Å². The van der Waals surface area contributed by atoms with Crippen LogP contribution in [0.5, 0.6) is 0 Å². The third kappa shape index (κ3) is 4.90. The van der Waals surface area contributed by atoms with E-state index in [9.17, 15) is 8.78 Å². The predicted molar refractivity (Wildman–Crippen MR) is 76.1 cm³/mol. The Morgan fingerprint density at radius 1 is 1.05 bits per heavy atom. The molecule has 0 radical (unpaired) electrons. The Morgan fingerprint density at radius 2 is 1.74 bits per heavy atom. The summed E-state index contributed by atoms with van der Waals surface area (Å²) in [7, 11) is 0. The lowest BCUT2D eigenvalue weighted by molar-refractivity contribution is 0.370. The molecule has 0 aromatic heterocycles. The molecule has 0 heterocycles. The van der Waals surface area contributed by atoms with Crippen molar-refractivity contribution in [3.05, 3.63) is 35.4 Å². The summed E-state index contributed by atoms with van der Waals surface area (Å²) in [5, 5.41) is 3.44. The van der Waals surface area contributed by atoms with E-state index in [1.165, 1.54) is 12.1 Å². The first-order chi connectivity index (χ1) is 9.12. The third-order valence-electron chi connectivity index (χ3n) is 3.71. The van der Waals surface area contributed by atoms with Gasteiger partial charge in [0.15, 0.2) is 11.6 Å². The van der Waals surface area contributed by atoms with E-state index < -0.39 is 11.6 Å². The Kier molecular flexibility index (Phi) is 7.00. The lowest BCUT2D eigenvalue weighted by atomic mass is 9.91. The molecule has 1 N–H and O–H groups in total. The van der Waals surface area contributed by atoms with E-state index in [0.29, 0.717) is 5.92 Å². The van der Waals surface area contributed by atoms with Gasteiger partial charge in [-0.15, -0.1) is 0 Å². The highest BCUT2D eigenvalue weighted by Gasteiger charge is 2.17. The highest BCUT2D eigenvalue weighted by molar-refractivity contribution is 5.21. The van der Waals surface area contributed by atoms with E-state index in [0.717, 1.165) is 37.8 Å². The zero-order chi connectivity index (χ0) is 14.3. The minimum absolute atomic E-state index is 0.111. The van der Waals surface area contributed by atoms with Crippen molar-refractivity contribution in [1.82, 2.24) is 5.32 Å². The molecule has 0 spiro atoms. The number of benzene rings is 1. The maximum Gasteiger partial charge on any atom is 0.159 e. The molecule has 19 heavy (non-hydrogen) atoms.